The predicted molar refractivity (Wildman–Crippen MR) is 97.7 cm³/mol. The molecular formula is C19H16N2O5. The van der Waals surface area contributed by atoms with E-state index in [1.807, 2.05) is 0 Å². The van der Waals surface area contributed by atoms with Crippen molar-refractivity contribution in [2.75, 3.05) is 17.7 Å². The molecule has 0 aliphatic carbocycles. The van der Waals surface area contributed by atoms with E-state index in [1.54, 1.807) is 42.5 Å². The lowest BCUT2D eigenvalue weighted by Crippen LogP contribution is -2.15. The number of nitrogens with one attached hydrogen (secondary N) is 2. The normalized spacial score (nSPS) is 10.4. The van der Waals surface area contributed by atoms with E-state index >= 15 is 0 Å². The van der Waals surface area contributed by atoms with Crippen molar-refractivity contribution in [3.8, 4) is 5.75 Å². The molecule has 0 aliphatic rings. The van der Waals surface area contributed by atoms with Gasteiger partial charge in [-0.05, 0) is 30.3 Å². The maximum Gasteiger partial charge on any atom is 0.291 e. The van der Waals surface area contributed by atoms with Crippen molar-refractivity contribution in [2.24, 2.45) is 0 Å². The number of carbonyl (C=O) groups excluding carboxylic acids is 2. The topological polar surface area (TPSA) is 97.6 Å². The summed E-state index contributed by atoms with van der Waals surface area (Å²) >= 11 is 0. The Kier molecular flexibility index (Phi) is 4.70. The number of ether oxygens (including phenoxy) is 1. The fourth-order valence-electron chi connectivity index (χ4n) is 2.48. The molecule has 0 unspecified atom stereocenters. The van der Waals surface area contributed by atoms with Gasteiger partial charge in [-0.1, -0.05) is 12.1 Å². The highest BCUT2D eigenvalue weighted by atomic mass is 16.5. The highest BCUT2D eigenvalue weighted by molar-refractivity contribution is 6.03. The van der Waals surface area contributed by atoms with E-state index in [4.69, 9.17) is 9.15 Å². The molecular weight excluding hydrogens is 336 g/mol. The summed E-state index contributed by atoms with van der Waals surface area (Å²) in [5, 5.41) is 5.66. The summed E-state index contributed by atoms with van der Waals surface area (Å²) in [6, 6.07) is 12.6. The van der Waals surface area contributed by atoms with Gasteiger partial charge in [-0.3, -0.25) is 14.4 Å². The molecule has 0 aliphatic heterocycles. The quantitative estimate of drug-likeness (QED) is 0.752. The Morgan fingerprint density at radius 2 is 1.81 bits per heavy atom. The van der Waals surface area contributed by atoms with Gasteiger partial charge in [-0.15, -0.1) is 0 Å². The monoisotopic (exact) mass is 352 g/mol. The minimum absolute atomic E-state index is 0.106. The molecule has 0 spiro atoms. The van der Waals surface area contributed by atoms with Crippen molar-refractivity contribution in [3.63, 3.8) is 0 Å². The molecule has 0 fully saturated rings. The summed E-state index contributed by atoms with van der Waals surface area (Å²) in [6.45, 7) is 1.37. The standard InChI is InChI=1S/C19H16N2O5/c1-11(22)20-14-9-12(7-8-17(14)25-2)21-19(24)18-10-15(23)13-5-3-4-6-16(13)26-18/h3-10H,1-2H3,(H,20,22)(H,21,24). The average Bonchev–Trinajstić information content (AvgIpc) is 2.61. The summed E-state index contributed by atoms with van der Waals surface area (Å²) in [7, 11) is 1.47. The number of para-hydroxylation sites is 1. The summed E-state index contributed by atoms with van der Waals surface area (Å²) in [5.41, 5.74) is 0.859. The molecule has 7 nitrogen and oxygen atoms in total. The fraction of sp³-hybridized carbons (Fsp3) is 0.105. The highest BCUT2D eigenvalue weighted by Crippen LogP contribution is 2.28. The van der Waals surface area contributed by atoms with Gasteiger partial charge in [0.1, 0.15) is 11.3 Å². The van der Waals surface area contributed by atoms with E-state index in [0.717, 1.165) is 6.07 Å². The number of anilines is 2. The summed E-state index contributed by atoms with van der Waals surface area (Å²) < 4.78 is 10.7. The first-order valence-corrected chi connectivity index (χ1v) is 7.78. The molecule has 1 heterocycles. The van der Waals surface area contributed by atoms with Gasteiger partial charge in [0.05, 0.1) is 18.2 Å². The molecule has 3 aromatic rings. The van der Waals surface area contributed by atoms with Crippen LogP contribution in [0.25, 0.3) is 11.0 Å². The zero-order valence-electron chi connectivity index (χ0n) is 14.2. The number of amides is 2. The van der Waals surface area contributed by atoms with Gasteiger partial charge in [0.15, 0.2) is 11.2 Å². The smallest absolute Gasteiger partial charge is 0.291 e. The minimum Gasteiger partial charge on any atom is -0.495 e. The Labute approximate surface area is 148 Å². The molecule has 0 saturated carbocycles. The third kappa shape index (κ3) is 3.56. The molecule has 1 aromatic heterocycles. The Bertz CT molecular complexity index is 1060. The lowest BCUT2D eigenvalue weighted by molar-refractivity contribution is -0.114. The second kappa shape index (κ2) is 7.10. The Morgan fingerprint density at radius 3 is 2.54 bits per heavy atom. The molecule has 0 bridgehead atoms. The van der Waals surface area contributed by atoms with Crippen LogP contribution in [0.4, 0.5) is 11.4 Å². The van der Waals surface area contributed by atoms with Gasteiger partial charge in [0.2, 0.25) is 5.91 Å². The number of hydrogen-bond donors (Lipinski definition) is 2. The van der Waals surface area contributed by atoms with Crippen molar-refractivity contribution in [3.05, 3.63) is 64.5 Å². The van der Waals surface area contributed by atoms with Gasteiger partial charge in [-0.25, -0.2) is 0 Å². The molecule has 132 valence electrons. The van der Waals surface area contributed by atoms with Gasteiger partial charge >= 0.3 is 0 Å². The van der Waals surface area contributed by atoms with Crippen LogP contribution >= 0.6 is 0 Å². The van der Waals surface area contributed by atoms with Crippen LogP contribution < -0.4 is 20.8 Å². The van der Waals surface area contributed by atoms with Crippen LogP contribution in [0.1, 0.15) is 17.5 Å². The molecule has 2 aromatic carbocycles. The van der Waals surface area contributed by atoms with Crippen LogP contribution in [0.3, 0.4) is 0 Å². The Balaban J connectivity index is 1.90. The number of fused-ring (bicyclic) bond motifs is 1. The van der Waals surface area contributed by atoms with E-state index in [1.165, 1.54) is 14.0 Å². The Hall–Kier alpha value is -3.61. The lowest BCUT2D eigenvalue weighted by Gasteiger charge is -2.11. The summed E-state index contributed by atoms with van der Waals surface area (Å²) in [4.78, 5) is 35.8. The van der Waals surface area contributed by atoms with Crippen LogP contribution in [0.15, 0.2) is 57.7 Å². The van der Waals surface area contributed by atoms with E-state index in [0.29, 0.717) is 28.1 Å². The van der Waals surface area contributed by atoms with Crippen LogP contribution in [-0.2, 0) is 4.79 Å². The molecule has 0 saturated heterocycles. The molecule has 2 N–H and O–H groups in total. The average molecular weight is 352 g/mol. The second-order valence-electron chi connectivity index (χ2n) is 5.52. The fourth-order valence-corrected chi connectivity index (χ4v) is 2.48. The maximum absolute atomic E-state index is 12.4. The van der Waals surface area contributed by atoms with E-state index < -0.39 is 5.91 Å². The number of methoxy groups -OCH3 is 1. The molecule has 0 atom stereocenters. The third-order valence-corrected chi connectivity index (χ3v) is 3.63. The van der Waals surface area contributed by atoms with Crippen molar-refractivity contribution in [1.29, 1.82) is 0 Å². The lowest BCUT2D eigenvalue weighted by atomic mass is 10.2. The number of benzene rings is 2. The van der Waals surface area contributed by atoms with Gasteiger partial charge in [-0.2, -0.15) is 0 Å². The van der Waals surface area contributed by atoms with Crippen molar-refractivity contribution < 1.29 is 18.7 Å². The molecule has 3 rings (SSSR count). The zero-order chi connectivity index (χ0) is 18.7. The SMILES string of the molecule is COc1ccc(NC(=O)c2cc(=O)c3ccccc3o2)cc1NC(C)=O. The van der Waals surface area contributed by atoms with E-state index in [9.17, 15) is 14.4 Å². The molecule has 0 radical (unpaired) electrons. The zero-order valence-corrected chi connectivity index (χ0v) is 14.2. The first-order chi connectivity index (χ1) is 12.5. The summed E-state index contributed by atoms with van der Waals surface area (Å²) in [5.74, 6) is -0.500. The first-order valence-electron chi connectivity index (χ1n) is 7.78. The maximum atomic E-state index is 12.4. The third-order valence-electron chi connectivity index (χ3n) is 3.63. The molecule has 7 heteroatoms. The van der Waals surface area contributed by atoms with Crippen LogP contribution in [0.5, 0.6) is 5.75 Å². The second-order valence-corrected chi connectivity index (χ2v) is 5.52. The van der Waals surface area contributed by atoms with E-state index in [2.05, 4.69) is 10.6 Å². The predicted octanol–water partition coefficient (Wildman–Crippen LogP) is 3.01. The largest absolute Gasteiger partial charge is 0.495 e. The molecule has 26 heavy (non-hydrogen) atoms. The first kappa shape index (κ1) is 17.2. The molecule has 2 amide bonds. The van der Waals surface area contributed by atoms with Crippen molar-refractivity contribution >= 4 is 34.2 Å². The van der Waals surface area contributed by atoms with Crippen molar-refractivity contribution in [2.45, 2.75) is 6.92 Å². The highest BCUT2D eigenvalue weighted by Gasteiger charge is 2.14. The van der Waals surface area contributed by atoms with Crippen LogP contribution in [0.2, 0.25) is 0 Å². The van der Waals surface area contributed by atoms with Crippen LogP contribution in [-0.4, -0.2) is 18.9 Å². The number of carbonyl (C=O) groups is 2. The Morgan fingerprint density at radius 1 is 1.04 bits per heavy atom. The van der Waals surface area contributed by atoms with Crippen LogP contribution in [0, 0.1) is 0 Å². The van der Waals surface area contributed by atoms with Gasteiger partial charge in [0.25, 0.3) is 5.91 Å². The summed E-state index contributed by atoms with van der Waals surface area (Å²) in [6.07, 6.45) is 0. The van der Waals surface area contributed by atoms with Gasteiger partial charge in [0, 0.05) is 18.7 Å². The number of rotatable bonds is 4. The van der Waals surface area contributed by atoms with E-state index in [-0.39, 0.29) is 17.1 Å². The minimum atomic E-state index is -0.577. The van der Waals surface area contributed by atoms with Gasteiger partial charge < -0.3 is 19.8 Å². The number of hydrogen-bond acceptors (Lipinski definition) is 5. The van der Waals surface area contributed by atoms with Crippen molar-refractivity contribution in [1.82, 2.24) is 0 Å².